The molecule has 25 heavy (non-hydrogen) atoms. The molecule has 0 aromatic heterocycles. The topological polar surface area (TPSA) is 50.7 Å². The normalized spacial score (nSPS) is 15.2. The second-order valence-corrected chi connectivity index (χ2v) is 6.36. The number of ether oxygens (including phenoxy) is 1. The summed E-state index contributed by atoms with van der Waals surface area (Å²) in [7, 11) is 1.57. The molecule has 0 saturated heterocycles. The first kappa shape index (κ1) is 17.5. The Morgan fingerprint density at radius 3 is 2.72 bits per heavy atom. The number of aliphatic imine (C=N–C) groups is 1. The predicted molar refractivity (Wildman–Crippen MR) is 101 cm³/mol. The van der Waals surface area contributed by atoms with Gasteiger partial charge in [0.1, 0.15) is 17.3 Å². The first-order chi connectivity index (χ1) is 12.1. The number of halogens is 2. The summed E-state index contributed by atoms with van der Waals surface area (Å²) < 4.78 is 5.29. The van der Waals surface area contributed by atoms with Gasteiger partial charge >= 0.3 is 0 Å². The molecule has 0 aliphatic carbocycles. The van der Waals surface area contributed by atoms with Crippen LogP contribution in [0.5, 0.6) is 5.75 Å². The number of carbonyl (C=O) groups excluding carboxylic acids is 1. The van der Waals surface area contributed by atoms with E-state index in [9.17, 15) is 4.79 Å². The second-order valence-electron chi connectivity index (χ2n) is 5.52. The van der Waals surface area contributed by atoms with Gasteiger partial charge in [-0.25, -0.2) is 4.99 Å². The van der Waals surface area contributed by atoms with Gasteiger partial charge in [0.05, 0.1) is 7.11 Å². The average Bonchev–Trinajstić information content (AvgIpc) is 2.94. The molecule has 0 bridgehead atoms. The van der Waals surface area contributed by atoms with Gasteiger partial charge in [-0.3, -0.25) is 4.79 Å². The number of carbonyl (C=O) groups is 1. The zero-order valence-corrected chi connectivity index (χ0v) is 15.1. The minimum Gasteiger partial charge on any atom is -0.496 e. The van der Waals surface area contributed by atoms with E-state index in [1.54, 1.807) is 31.4 Å². The number of nitrogens with one attached hydrogen (secondary N) is 1. The van der Waals surface area contributed by atoms with Crippen molar-refractivity contribution in [1.29, 1.82) is 0 Å². The van der Waals surface area contributed by atoms with Gasteiger partial charge in [-0.15, -0.1) is 0 Å². The first-order valence-electron chi connectivity index (χ1n) is 7.74. The summed E-state index contributed by atoms with van der Waals surface area (Å²) in [5.74, 6) is 1.01. The highest BCUT2D eigenvalue weighted by atomic mass is 35.5. The predicted octanol–water partition coefficient (Wildman–Crippen LogP) is 4.50. The van der Waals surface area contributed by atoms with E-state index < -0.39 is 0 Å². The molecule has 0 spiro atoms. The number of amides is 1. The zero-order chi connectivity index (χ0) is 17.8. The van der Waals surface area contributed by atoms with Crippen molar-refractivity contribution >= 4 is 41.0 Å². The molecule has 0 fully saturated rings. The van der Waals surface area contributed by atoms with Crippen LogP contribution in [0, 0.1) is 0 Å². The maximum Gasteiger partial charge on any atom is 0.275 e. The van der Waals surface area contributed by atoms with Gasteiger partial charge in [-0.2, -0.15) is 0 Å². The highest BCUT2D eigenvalue weighted by Crippen LogP contribution is 2.26. The van der Waals surface area contributed by atoms with Crippen LogP contribution in [0.25, 0.3) is 6.08 Å². The van der Waals surface area contributed by atoms with Crippen LogP contribution >= 0.6 is 23.2 Å². The molecule has 1 aliphatic rings. The smallest absolute Gasteiger partial charge is 0.275 e. The summed E-state index contributed by atoms with van der Waals surface area (Å²) in [6.07, 6.45) is 2.97. The highest BCUT2D eigenvalue weighted by molar-refractivity contribution is 6.31. The van der Waals surface area contributed by atoms with E-state index in [2.05, 4.69) is 10.3 Å². The average molecular weight is 375 g/mol. The van der Waals surface area contributed by atoms with Crippen LogP contribution in [0.15, 0.2) is 53.2 Å². The zero-order valence-electron chi connectivity index (χ0n) is 13.6. The molecule has 0 unspecified atom stereocenters. The van der Waals surface area contributed by atoms with Gasteiger partial charge in [0.15, 0.2) is 0 Å². The molecule has 0 saturated carbocycles. The number of amidine groups is 1. The SMILES string of the molecule is COc1ccc(Cl)cc1/C=C1/N=C(CCc2ccccc2Cl)NC1=O. The van der Waals surface area contributed by atoms with Crippen molar-refractivity contribution in [2.24, 2.45) is 4.99 Å². The molecule has 6 heteroatoms. The van der Waals surface area contributed by atoms with Crippen molar-refractivity contribution in [2.75, 3.05) is 7.11 Å². The van der Waals surface area contributed by atoms with E-state index in [0.717, 1.165) is 5.56 Å². The van der Waals surface area contributed by atoms with Crippen molar-refractivity contribution in [1.82, 2.24) is 5.32 Å². The largest absolute Gasteiger partial charge is 0.496 e. The summed E-state index contributed by atoms with van der Waals surface area (Å²) in [6.45, 7) is 0. The molecule has 1 N–H and O–H groups in total. The molecule has 1 heterocycles. The number of nitrogens with zero attached hydrogens (tertiary/aromatic N) is 1. The van der Waals surface area contributed by atoms with Gasteiger partial charge in [0.25, 0.3) is 5.91 Å². The Hall–Kier alpha value is -2.30. The monoisotopic (exact) mass is 374 g/mol. The van der Waals surface area contributed by atoms with Gasteiger partial charge in [-0.1, -0.05) is 41.4 Å². The van der Waals surface area contributed by atoms with Crippen molar-refractivity contribution in [2.45, 2.75) is 12.8 Å². The molecule has 4 nitrogen and oxygen atoms in total. The minimum absolute atomic E-state index is 0.240. The minimum atomic E-state index is -0.240. The van der Waals surface area contributed by atoms with Crippen LogP contribution < -0.4 is 10.1 Å². The van der Waals surface area contributed by atoms with E-state index in [1.165, 1.54) is 0 Å². The van der Waals surface area contributed by atoms with Gasteiger partial charge < -0.3 is 10.1 Å². The Labute approximate surface area is 156 Å². The Morgan fingerprint density at radius 2 is 1.96 bits per heavy atom. The van der Waals surface area contributed by atoms with Crippen LogP contribution in [0.4, 0.5) is 0 Å². The van der Waals surface area contributed by atoms with Crippen LogP contribution in [-0.4, -0.2) is 18.9 Å². The number of hydrogen-bond acceptors (Lipinski definition) is 3. The van der Waals surface area contributed by atoms with E-state index >= 15 is 0 Å². The van der Waals surface area contributed by atoms with E-state index in [-0.39, 0.29) is 5.91 Å². The lowest BCUT2D eigenvalue weighted by Gasteiger charge is -2.05. The second kappa shape index (κ2) is 7.72. The Kier molecular flexibility index (Phi) is 5.41. The van der Waals surface area contributed by atoms with Crippen molar-refractivity contribution in [3.8, 4) is 5.75 Å². The maximum atomic E-state index is 12.2. The van der Waals surface area contributed by atoms with Crippen LogP contribution in [-0.2, 0) is 11.2 Å². The van der Waals surface area contributed by atoms with E-state index in [1.807, 2.05) is 24.3 Å². The fourth-order valence-electron chi connectivity index (χ4n) is 2.55. The van der Waals surface area contributed by atoms with Crippen molar-refractivity contribution < 1.29 is 9.53 Å². The number of methoxy groups -OCH3 is 1. The summed E-state index contributed by atoms with van der Waals surface area (Å²) >= 11 is 12.2. The summed E-state index contributed by atoms with van der Waals surface area (Å²) in [5.41, 5.74) is 2.06. The Morgan fingerprint density at radius 1 is 1.16 bits per heavy atom. The summed E-state index contributed by atoms with van der Waals surface area (Å²) in [5, 5.41) is 4.07. The standard InChI is InChI=1S/C19H16Cl2N2O2/c1-25-17-8-7-14(20)10-13(17)11-16-19(24)23-18(22-16)9-6-12-4-2-3-5-15(12)21/h2-5,7-8,10-11H,6,9H2,1H3,(H,22,23,24)/b16-11+. The highest BCUT2D eigenvalue weighted by Gasteiger charge is 2.20. The van der Waals surface area contributed by atoms with E-state index in [0.29, 0.717) is 45.7 Å². The molecule has 128 valence electrons. The first-order valence-corrected chi connectivity index (χ1v) is 8.50. The quantitative estimate of drug-likeness (QED) is 0.783. The molecule has 1 amide bonds. The third-order valence-electron chi connectivity index (χ3n) is 3.82. The Balaban J connectivity index is 1.78. The van der Waals surface area contributed by atoms with Crippen LogP contribution in [0.1, 0.15) is 17.5 Å². The maximum absolute atomic E-state index is 12.2. The molecule has 0 radical (unpaired) electrons. The van der Waals surface area contributed by atoms with E-state index in [4.69, 9.17) is 27.9 Å². The molecular weight excluding hydrogens is 359 g/mol. The molecule has 0 atom stereocenters. The molecular formula is C19H16Cl2N2O2. The number of aryl methyl sites for hydroxylation is 1. The van der Waals surface area contributed by atoms with Gasteiger partial charge in [0.2, 0.25) is 0 Å². The van der Waals surface area contributed by atoms with Gasteiger partial charge in [-0.05, 0) is 42.3 Å². The molecule has 3 rings (SSSR count). The fraction of sp³-hybridized carbons (Fsp3) is 0.158. The summed E-state index contributed by atoms with van der Waals surface area (Å²) in [6, 6.07) is 12.9. The number of hydrogen-bond donors (Lipinski definition) is 1. The number of rotatable bonds is 5. The van der Waals surface area contributed by atoms with Crippen LogP contribution in [0.2, 0.25) is 10.0 Å². The van der Waals surface area contributed by atoms with Gasteiger partial charge in [0, 0.05) is 22.0 Å². The number of benzene rings is 2. The summed E-state index contributed by atoms with van der Waals surface area (Å²) in [4.78, 5) is 16.5. The van der Waals surface area contributed by atoms with Crippen molar-refractivity contribution in [3.63, 3.8) is 0 Å². The third-order valence-corrected chi connectivity index (χ3v) is 4.42. The van der Waals surface area contributed by atoms with Crippen molar-refractivity contribution in [3.05, 3.63) is 69.3 Å². The Bertz CT molecular complexity index is 875. The molecule has 2 aromatic rings. The molecule has 1 aliphatic heterocycles. The lowest BCUT2D eigenvalue weighted by atomic mass is 10.1. The lowest BCUT2D eigenvalue weighted by molar-refractivity contribution is -0.115. The third kappa shape index (κ3) is 4.21. The van der Waals surface area contributed by atoms with Crippen LogP contribution in [0.3, 0.4) is 0 Å². The molecule has 2 aromatic carbocycles. The lowest BCUT2D eigenvalue weighted by Crippen LogP contribution is -2.24. The fourth-order valence-corrected chi connectivity index (χ4v) is 2.97.